The summed E-state index contributed by atoms with van der Waals surface area (Å²) in [7, 11) is 4.33. The Labute approximate surface area is 152 Å². The molecule has 0 unspecified atom stereocenters. The Bertz CT molecular complexity index is 680. The maximum atomic E-state index is 4.72. The van der Waals surface area contributed by atoms with Gasteiger partial charge in [-0.25, -0.2) is 4.98 Å². The topological polar surface area (TPSA) is 44.3 Å². The quantitative estimate of drug-likeness (QED) is 0.860. The van der Waals surface area contributed by atoms with Gasteiger partial charge < -0.3 is 15.1 Å². The molecule has 0 amide bonds. The first kappa shape index (κ1) is 17.2. The van der Waals surface area contributed by atoms with Gasteiger partial charge in [-0.1, -0.05) is 15.9 Å². The molecular formula is C18H24BrN5. The molecule has 5 nitrogen and oxygen atoms in total. The zero-order valence-electron chi connectivity index (χ0n) is 14.5. The van der Waals surface area contributed by atoms with Crippen LogP contribution in [0.5, 0.6) is 0 Å². The second-order valence-electron chi connectivity index (χ2n) is 6.47. The summed E-state index contributed by atoms with van der Waals surface area (Å²) in [4.78, 5) is 13.9. The number of nitrogens with one attached hydrogen (secondary N) is 1. The van der Waals surface area contributed by atoms with Crippen molar-refractivity contribution in [1.29, 1.82) is 0 Å². The second kappa shape index (κ2) is 7.49. The predicted molar refractivity (Wildman–Crippen MR) is 103 cm³/mol. The lowest BCUT2D eigenvalue weighted by molar-refractivity contribution is 0.252. The largest absolute Gasteiger partial charge is 0.356 e. The SMILES string of the molecule is Cc1cc(N(C)C2CCN(C)CC2)nc(Nc2ccc(Br)cc2)n1. The van der Waals surface area contributed by atoms with Crippen LogP contribution in [0.1, 0.15) is 18.5 Å². The average molecular weight is 390 g/mol. The molecule has 3 rings (SSSR count). The third-order valence-electron chi connectivity index (χ3n) is 4.54. The molecule has 1 saturated heterocycles. The van der Waals surface area contributed by atoms with E-state index in [4.69, 9.17) is 4.98 Å². The van der Waals surface area contributed by atoms with Crippen molar-refractivity contribution in [2.24, 2.45) is 0 Å². The number of likely N-dealkylation sites (tertiary alicyclic amines) is 1. The highest BCUT2D eigenvalue weighted by molar-refractivity contribution is 9.10. The minimum Gasteiger partial charge on any atom is -0.356 e. The highest BCUT2D eigenvalue weighted by atomic mass is 79.9. The van der Waals surface area contributed by atoms with Crippen molar-refractivity contribution in [2.45, 2.75) is 25.8 Å². The number of aromatic nitrogens is 2. The minimum atomic E-state index is 0.538. The number of halogens is 1. The van der Waals surface area contributed by atoms with Crippen LogP contribution in [0.15, 0.2) is 34.8 Å². The van der Waals surface area contributed by atoms with Crippen molar-refractivity contribution < 1.29 is 0 Å². The van der Waals surface area contributed by atoms with E-state index in [0.717, 1.165) is 34.8 Å². The van der Waals surface area contributed by atoms with Crippen LogP contribution in [0.3, 0.4) is 0 Å². The fourth-order valence-electron chi connectivity index (χ4n) is 3.02. The van der Waals surface area contributed by atoms with Gasteiger partial charge in [0.25, 0.3) is 0 Å². The van der Waals surface area contributed by atoms with Gasteiger partial charge in [0.2, 0.25) is 5.95 Å². The summed E-state index contributed by atoms with van der Waals surface area (Å²) in [6.45, 7) is 4.30. The molecule has 1 aromatic heterocycles. The van der Waals surface area contributed by atoms with Crippen LogP contribution in [0.4, 0.5) is 17.5 Å². The van der Waals surface area contributed by atoms with Crippen LogP contribution >= 0.6 is 15.9 Å². The number of hydrogen-bond donors (Lipinski definition) is 1. The lowest BCUT2D eigenvalue weighted by Crippen LogP contribution is -2.42. The van der Waals surface area contributed by atoms with Gasteiger partial charge in [0.1, 0.15) is 5.82 Å². The number of piperidine rings is 1. The van der Waals surface area contributed by atoms with E-state index < -0.39 is 0 Å². The number of rotatable bonds is 4. The van der Waals surface area contributed by atoms with Crippen LogP contribution in [0.2, 0.25) is 0 Å². The molecule has 0 atom stereocenters. The molecule has 0 radical (unpaired) electrons. The highest BCUT2D eigenvalue weighted by Gasteiger charge is 2.22. The van der Waals surface area contributed by atoms with Crippen LogP contribution in [0, 0.1) is 6.92 Å². The lowest BCUT2D eigenvalue weighted by atomic mass is 10.0. The normalized spacial score (nSPS) is 16.2. The molecule has 0 bridgehead atoms. The Morgan fingerprint density at radius 1 is 1.17 bits per heavy atom. The molecule has 1 fully saturated rings. The van der Waals surface area contributed by atoms with E-state index in [-0.39, 0.29) is 0 Å². The Hall–Kier alpha value is -1.66. The zero-order chi connectivity index (χ0) is 17.1. The van der Waals surface area contributed by atoms with Crippen molar-refractivity contribution in [3.63, 3.8) is 0 Å². The second-order valence-corrected chi connectivity index (χ2v) is 7.38. The van der Waals surface area contributed by atoms with Gasteiger partial charge in [-0.2, -0.15) is 4.98 Å². The zero-order valence-corrected chi connectivity index (χ0v) is 16.0. The predicted octanol–water partition coefficient (Wildman–Crippen LogP) is 3.82. The first-order valence-electron chi connectivity index (χ1n) is 8.31. The monoisotopic (exact) mass is 389 g/mol. The first-order chi connectivity index (χ1) is 11.5. The van der Waals surface area contributed by atoms with E-state index in [1.807, 2.05) is 31.2 Å². The van der Waals surface area contributed by atoms with E-state index in [9.17, 15) is 0 Å². The number of anilines is 3. The summed E-state index contributed by atoms with van der Waals surface area (Å²) in [5.74, 6) is 1.63. The van der Waals surface area contributed by atoms with Crippen molar-refractivity contribution in [1.82, 2.24) is 14.9 Å². The van der Waals surface area contributed by atoms with Crippen molar-refractivity contribution in [3.05, 3.63) is 40.5 Å². The van der Waals surface area contributed by atoms with E-state index in [1.54, 1.807) is 0 Å². The molecule has 6 heteroatoms. The van der Waals surface area contributed by atoms with Crippen LogP contribution in [-0.2, 0) is 0 Å². The van der Waals surface area contributed by atoms with Crippen LogP contribution in [-0.4, -0.2) is 48.1 Å². The third-order valence-corrected chi connectivity index (χ3v) is 5.07. The van der Waals surface area contributed by atoms with E-state index in [0.29, 0.717) is 12.0 Å². The average Bonchev–Trinajstić information content (AvgIpc) is 2.56. The summed E-state index contributed by atoms with van der Waals surface area (Å²) in [6.07, 6.45) is 2.34. The molecule has 1 aromatic carbocycles. The Morgan fingerprint density at radius 3 is 2.50 bits per heavy atom. The number of nitrogens with zero attached hydrogens (tertiary/aromatic N) is 4. The standard InChI is InChI=1S/C18H24BrN5/c1-13-12-17(24(3)16-8-10-23(2)11-9-16)22-18(20-13)21-15-6-4-14(19)5-7-15/h4-7,12,16H,8-11H2,1-3H3,(H,20,21,22). The Kier molecular flexibility index (Phi) is 5.36. The molecule has 24 heavy (non-hydrogen) atoms. The fourth-order valence-corrected chi connectivity index (χ4v) is 3.28. The number of hydrogen-bond acceptors (Lipinski definition) is 5. The third kappa shape index (κ3) is 4.24. The summed E-state index contributed by atoms with van der Waals surface area (Å²) in [5.41, 5.74) is 1.95. The summed E-state index contributed by atoms with van der Waals surface area (Å²) >= 11 is 3.45. The maximum Gasteiger partial charge on any atom is 0.229 e. The molecule has 1 N–H and O–H groups in total. The Morgan fingerprint density at radius 2 is 1.83 bits per heavy atom. The lowest BCUT2D eigenvalue weighted by Gasteiger charge is -2.35. The van der Waals surface area contributed by atoms with Gasteiger partial charge in [0, 0.05) is 35.0 Å². The first-order valence-corrected chi connectivity index (χ1v) is 9.10. The fraction of sp³-hybridized carbons (Fsp3) is 0.444. The molecule has 2 aromatic rings. The van der Waals surface area contributed by atoms with Crippen LogP contribution in [0.25, 0.3) is 0 Å². The molecule has 0 aliphatic carbocycles. The van der Waals surface area contributed by atoms with Crippen LogP contribution < -0.4 is 10.2 Å². The van der Waals surface area contributed by atoms with Gasteiger partial charge >= 0.3 is 0 Å². The van der Waals surface area contributed by atoms with E-state index >= 15 is 0 Å². The summed E-state index contributed by atoms with van der Waals surface area (Å²) in [5, 5.41) is 3.30. The molecule has 0 saturated carbocycles. The summed E-state index contributed by atoms with van der Waals surface area (Å²) < 4.78 is 1.06. The molecule has 1 aliphatic heterocycles. The maximum absolute atomic E-state index is 4.72. The Balaban J connectivity index is 1.76. The van der Waals surface area contributed by atoms with E-state index in [2.05, 4.69) is 56.2 Å². The van der Waals surface area contributed by atoms with Crippen molar-refractivity contribution in [2.75, 3.05) is 37.4 Å². The van der Waals surface area contributed by atoms with E-state index in [1.165, 1.54) is 12.8 Å². The summed E-state index contributed by atoms with van der Waals surface area (Å²) in [6, 6.07) is 10.6. The van der Waals surface area contributed by atoms with Gasteiger partial charge in [0.05, 0.1) is 0 Å². The minimum absolute atomic E-state index is 0.538. The van der Waals surface area contributed by atoms with Gasteiger partial charge in [-0.15, -0.1) is 0 Å². The van der Waals surface area contributed by atoms with Crippen molar-refractivity contribution in [3.8, 4) is 0 Å². The highest BCUT2D eigenvalue weighted by Crippen LogP contribution is 2.23. The smallest absolute Gasteiger partial charge is 0.229 e. The molecule has 128 valence electrons. The molecular weight excluding hydrogens is 366 g/mol. The molecule has 1 aliphatic rings. The number of aryl methyl sites for hydroxylation is 1. The number of benzene rings is 1. The van der Waals surface area contributed by atoms with Crippen molar-refractivity contribution >= 4 is 33.4 Å². The van der Waals surface area contributed by atoms with Gasteiger partial charge in [-0.3, -0.25) is 0 Å². The molecule has 0 spiro atoms. The van der Waals surface area contributed by atoms with Gasteiger partial charge in [0.15, 0.2) is 0 Å². The van der Waals surface area contributed by atoms with Gasteiger partial charge in [-0.05, 0) is 64.2 Å². The molecule has 2 heterocycles.